The highest BCUT2D eigenvalue weighted by atomic mass is 35.5. The van der Waals surface area contributed by atoms with E-state index in [1.165, 1.54) is 0 Å². The molecule has 0 saturated carbocycles. The van der Waals surface area contributed by atoms with E-state index in [9.17, 15) is 10.1 Å². The molecule has 9 heteroatoms. The van der Waals surface area contributed by atoms with Gasteiger partial charge in [0.1, 0.15) is 41.4 Å². The van der Waals surface area contributed by atoms with E-state index < -0.39 is 17.5 Å². The van der Waals surface area contributed by atoms with Gasteiger partial charge in [0.05, 0.1) is 17.0 Å². The van der Waals surface area contributed by atoms with Crippen molar-refractivity contribution >= 4 is 28.5 Å². The third kappa shape index (κ3) is 3.92. The zero-order valence-electron chi connectivity index (χ0n) is 18.1. The molecule has 2 N–H and O–H groups in total. The van der Waals surface area contributed by atoms with E-state index in [2.05, 4.69) is 11.1 Å². The number of fused-ring (bicyclic) bond motifs is 2. The number of carbonyl (C=O) groups excluding carboxylic acids is 1. The lowest BCUT2D eigenvalue weighted by Crippen LogP contribution is -2.30. The van der Waals surface area contributed by atoms with E-state index in [1.807, 2.05) is 0 Å². The number of hydrogen-bond donors (Lipinski definition) is 1. The van der Waals surface area contributed by atoms with Gasteiger partial charge in [-0.25, -0.2) is 9.78 Å². The molecule has 0 amide bonds. The summed E-state index contributed by atoms with van der Waals surface area (Å²) in [5.74, 6) is -0.224. The number of esters is 1. The SMILES string of the molecule is CC1=C(C(=O)OC(C)(C)C)[C@@H](c2cc3cc4c(cc3nc2Cl)OCCO4)C(C#N)=C(N)O1. The molecule has 2 aliphatic heterocycles. The molecule has 0 radical (unpaired) electrons. The predicted molar refractivity (Wildman–Crippen MR) is 117 cm³/mol. The third-order valence-electron chi connectivity index (χ3n) is 4.99. The Morgan fingerprint density at radius 1 is 1.25 bits per heavy atom. The molecular weight excluding hydrogens is 434 g/mol. The maximum absolute atomic E-state index is 13.1. The fraction of sp³-hybridized carbons (Fsp3) is 0.348. The molecule has 4 rings (SSSR count). The van der Waals surface area contributed by atoms with E-state index in [0.717, 1.165) is 0 Å². The molecule has 1 aromatic heterocycles. The lowest BCUT2D eigenvalue weighted by Gasteiger charge is -2.29. The second kappa shape index (κ2) is 7.92. The number of benzene rings is 1. The number of carbonyl (C=O) groups is 1. The van der Waals surface area contributed by atoms with Gasteiger partial charge < -0.3 is 24.7 Å². The Morgan fingerprint density at radius 2 is 1.91 bits per heavy atom. The first-order valence-electron chi connectivity index (χ1n) is 10.0. The minimum atomic E-state index is -0.902. The molecular formula is C23H22ClN3O5. The molecule has 0 spiro atoms. The Labute approximate surface area is 190 Å². The van der Waals surface area contributed by atoms with Crippen LogP contribution >= 0.6 is 11.6 Å². The number of pyridine rings is 1. The molecule has 0 bridgehead atoms. The van der Waals surface area contributed by atoms with E-state index in [1.54, 1.807) is 45.9 Å². The van der Waals surface area contributed by atoms with Crippen molar-refractivity contribution < 1.29 is 23.7 Å². The summed E-state index contributed by atoms with van der Waals surface area (Å²) in [7, 11) is 0. The van der Waals surface area contributed by atoms with Gasteiger partial charge in [-0.05, 0) is 39.8 Å². The van der Waals surface area contributed by atoms with Crippen LogP contribution in [0.3, 0.4) is 0 Å². The second-order valence-electron chi connectivity index (χ2n) is 8.45. The van der Waals surface area contributed by atoms with Crippen LogP contribution in [0.5, 0.6) is 11.5 Å². The van der Waals surface area contributed by atoms with E-state index in [-0.39, 0.29) is 27.9 Å². The molecule has 32 heavy (non-hydrogen) atoms. The third-order valence-corrected chi connectivity index (χ3v) is 5.30. The largest absolute Gasteiger partial charge is 0.486 e. The van der Waals surface area contributed by atoms with Crippen molar-refractivity contribution in [1.29, 1.82) is 5.26 Å². The Kier molecular flexibility index (Phi) is 5.39. The van der Waals surface area contributed by atoms with Crippen molar-refractivity contribution in [3.63, 3.8) is 0 Å². The summed E-state index contributed by atoms with van der Waals surface area (Å²) in [6.07, 6.45) is 0. The highest BCUT2D eigenvalue weighted by Gasteiger charge is 2.39. The maximum atomic E-state index is 13.1. The lowest BCUT2D eigenvalue weighted by molar-refractivity contribution is -0.150. The van der Waals surface area contributed by atoms with Crippen LogP contribution in [-0.4, -0.2) is 29.8 Å². The van der Waals surface area contributed by atoms with Gasteiger partial charge >= 0.3 is 5.97 Å². The zero-order chi connectivity index (χ0) is 23.2. The number of hydrogen-bond acceptors (Lipinski definition) is 8. The zero-order valence-corrected chi connectivity index (χ0v) is 18.9. The summed E-state index contributed by atoms with van der Waals surface area (Å²) < 4.78 is 22.4. The molecule has 0 fully saturated rings. The first kappa shape index (κ1) is 21.8. The van der Waals surface area contributed by atoms with Crippen LogP contribution < -0.4 is 15.2 Å². The normalized spacial score (nSPS) is 18.3. The van der Waals surface area contributed by atoms with Crippen molar-refractivity contribution in [2.45, 2.75) is 39.2 Å². The average Bonchev–Trinajstić information content (AvgIpc) is 2.70. The second-order valence-corrected chi connectivity index (χ2v) is 8.81. The Hall–Kier alpha value is -3.44. The van der Waals surface area contributed by atoms with Crippen molar-refractivity contribution in [1.82, 2.24) is 4.98 Å². The number of rotatable bonds is 2. The van der Waals surface area contributed by atoms with Gasteiger partial charge in [0.15, 0.2) is 11.5 Å². The molecule has 1 atom stereocenters. The molecule has 0 aliphatic carbocycles. The van der Waals surface area contributed by atoms with Crippen LogP contribution in [0.25, 0.3) is 10.9 Å². The van der Waals surface area contributed by atoms with Crippen molar-refractivity contribution in [3.05, 3.63) is 51.7 Å². The standard InChI is InChI=1S/C23H22ClN3O5/c1-11-18(22(28)32-23(2,3)4)19(14(10-25)21(26)31-11)13-7-12-8-16-17(30-6-5-29-16)9-15(12)27-20(13)24/h7-9,19H,5-6,26H2,1-4H3/t19-/m0/s1. The van der Waals surface area contributed by atoms with E-state index >= 15 is 0 Å². The highest BCUT2D eigenvalue weighted by molar-refractivity contribution is 6.30. The number of halogens is 1. The first-order chi connectivity index (χ1) is 15.1. The Balaban J connectivity index is 1.90. The molecule has 2 aromatic rings. The molecule has 0 unspecified atom stereocenters. The molecule has 0 saturated heterocycles. The number of nitriles is 1. The molecule has 8 nitrogen and oxygen atoms in total. The minimum Gasteiger partial charge on any atom is -0.486 e. The monoisotopic (exact) mass is 455 g/mol. The number of nitrogens with two attached hydrogens (primary N) is 1. The lowest BCUT2D eigenvalue weighted by atomic mass is 9.83. The first-order valence-corrected chi connectivity index (χ1v) is 10.4. The summed E-state index contributed by atoms with van der Waals surface area (Å²) in [4.78, 5) is 17.6. The molecule has 2 aliphatic rings. The topological polar surface area (TPSA) is 117 Å². The average molecular weight is 456 g/mol. The number of allylic oxidation sites excluding steroid dienone is 2. The Bertz CT molecular complexity index is 1240. The smallest absolute Gasteiger partial charge is 0.338 e. The van der Waals surface area contributed by atoms with Gasteiger partial charge in [0.2, 0.25) is 5.88 Å². The number of ether oxygens (including phenoxy) is 4. The van der Waals surface area contributed by atoms with Crippen LogP contribution in [0.15, 0.2) is 41.0 Å². The van der Waals surface area contributed by atoms with Crippen LogP contribution in [0.1, 0.15) is 39.2 Å². The van der Waals surface area contributed by atoms with Crippen molar-refractivity contribution in [2.75, 3.05) is 13.2 Å². The van der Waals surface area contributed by atoms with Crippen LogP contribution in [0, 0.1) is 11.3 Å². The molecule has 3 heterocycles. The minimum absolute atomic E-state index is 0.0528. The number of nitrogens with zero attached hydrogens (tertiary/aromatic N) is 2. The van der Waals surface area contributed by atoms with Crippen LogP contribution in [0.2, 0.25) is 5.15 Å². The predicted octanol–water partition coefficient (Wildman–Crippen LogP) is 4.08. The van der Waals surface area contributed by atoms with Gasteiger partial charge in [-0.15, -0.1) is 0 Å². The van der Waals surface area contributed by atoms with Crippen LogP contribution in [-0.2, 0) is 14.3 Å². The summed E-state index contributed by atoms with van der Waals surface area (Å²) >= 11 is 6.57. The van der Waals surface area contributed by atoms with Gasteiger partial charge in [-0.1, -0.05) is 11.6 Å². The van der Waals surface area contributed by atoms with Gasteiger partial charge in [0.25, 0.3) is 0 Å². The maximum Gasteiger partial charge on any atom is 0.338 e. The summed E-state index contributed by atoms with van der Waals surface area (Å²) in [5.41, 5.74) is 6.46. The quantitative estimate of drug-likeness (QED) is 0.531. The van der Waals surface area contributed by atoms with E-state index in [4.69, 9.17) is 36.3 Å². The van der Waals surface area contributed by atoms with Crippen LogP contribution in [0.4, 0.5) is 0 Å². The number of aromatic nitrogens is 1. The van der Waals surface area contributed by atoms with Crippen molar-refractivity contribution in [3.8, 4) is 17.6 Å². The van der Waals surface area contributed by atoms with Crippen molar-refractivity contribution in [2.24, 2.45) is 5.73 Å². The molecule has 166 valence electrons. The summed E-state index contributed by atoms with van der Waals surface area (Å²) in [6.45, 7) is 7.75. The van der Waals surface area contributed by atoms with Gasteiger partial charge in [-0.3, -0.25) is 0 Å². The summed E-state index contributed by atoms with van der Waals surface area (Å²) in [6, 6.07) is 7.35. The summed E-state index contributed by atoms with van der Waals surface area (Å²) in [5, 5.41) is 10.7. The van der Waals surface area contributed by atoms with Gasteiger partial charge in [0, 0.05) is 17.0 Å². The Morgan fingerprint density at radius 3 is 2.53 bits per heavy atom. The van der Waals surface area contributed by atoms with Gasteiger partial charge in [-0.2, -0.15) is 5.26 Å². The fourth-order valence-electron chi connectivity index (χ4n) is 3.70. The molecule has 1 aromatic carbocycles. The van der Waals surface area contributed by atoms with E-state index in [0.29, 0.717) is 41.2 Å². The highest BCUT2D eigenvalue weighted by Crippen LogP contribution is 2.44. The fourth-order valence-corrected chi connectivity index (χ4v) is 3.95.